The number of halogens is 4. The molecule has 0 amide bonds. The third-order valence-electron chi connectivity index (χ3n) is 2.00. The Morgan fingerprint density at radius 1 is 1.00 bits per heavy atom. The van der Waals surface area contributed by atoms with Crippen LogP contribution in [0.15, 0.2) is 0 Å². The molecule has 102 valence electrons. The molecule has 0 unspecified atom stereocenters. The van der Waals surface area contributed by atoms with Gasteiger partial charge in [-0.05, 0) is 12.8 Å². The monoisotopic (exact) mass is 300 g/mol. The minimum atomic E-state index is -6.28. The summed E-state index contributed by atoms with van der Waals surface area (Å²) in [6.45, 7) is -0.559. The van der Waals surface area contributed by atoms with E-state index in [1.165, 1.54) is 0 Å². The number of hydrogen-bond donors (Lipinski definition) is 0. The van der Waals surface area contributed by atoms with Gasteiger partial charge in [0.2, 0.25) is 0 Å². The van der Waals surface area contributed by atoms with Gasteiger partial charge in [-0.25, -0.2) is 13.4 Å². The van der Waals surface area contributed by atoms with Gasteiger partial charge >= 0.3 is 25.9 Å². The quantitative estimate of drug-likeness (QED) is 0.556. The fraction of sp³-hybridized carbons (Fsp3) is 1.00. The Balaban J connectivity index is 3.26. The summed E-state index contributed by atoms with van der Waals surface area (Å²) in [6.07, 6.45) is 0.554. The Kier molecular flexibility index (Phi) is 3.72. The maximum absolute atomic E-state index is 12.7. The molecule has 0 spiro atoms. The standard InChI is InChI=1S/C5H8F4N2O4S2/c6-5(7,8)16(12,13)11(17(9,14)15)10-3-1-2-4-10/h1-4H2. The fourth-order valence-electron chi connectivity index (χ4n) is 1.36. The molecule has 0 aliphatic carbocycles. The van der Waals surface area contributed by atoms with Crippen molar-refractivity contribution in [1.82, 2.24) is 8.83 Å². The third-order valence-corrected chi connectivity index (χ3v) is 4.95. The molecule has 12 heteroatoms. The van der Waals surface area contributed by atoms with Crippen molar-refractivity contribution in [1.29, 1.82) is 0 Å². The van der Waals surface area contributed by atoms with E-state index in [1.807, 2.05) is 0 Å². The summed E-state index contributed by atoms with van der Waals surface area (Å²) < 4.78 is 91.0. The van der Waals surface area contributed by atoms with Gasteiger partial charge in [0.05, 0.1) is 0 Å². The first kappa shape index (κ1) is 14.6. The molecule has 1 saturated heterocycles. The first-order valence-electron chi connectivity index (χ1n) is 4.29. The highest BCUT2D eigenvalue weighted by Gasteiger charge is 2.57. The predicted molar refractivity (Wildman–Crippen MR) is 47.6 cm³/mol. The van der Waals surface area contributed by atoms with Crippen LogP contribution in [0, 0.1) is 0 Å². The Morgan fingerprint density at radius 3 is 1.71 bits per heavy atom. The molecule has 17 heavy (non-hydrogen) atoms. The molecular formula is C5H8F4N2O4S2. The van der Waals surface area contributed by atoms with Gasteiger partial charge in [0.1, 0.15) is 0 Å². The molecule has 0 atom stereocenters. The lowest BCUT2D eigenvalue weighted by molar-refractivity contribution is -0.0523. The van der Waals surface area contributed by atoms with Gasteiger partial charge in [0.25, 0.3) is 0 Å². The van der Waals surface area contributed by atoms with Crippen LogP contribution in [0.3, 0.4) is 0 Å². The van der Waals surface area contributed by atoms with Crippen LogP contribution < -0.4 is 0 Å². The first-order chi connectivity index (χ1) is 7.48. The second kappa shape index (κ2) is 4.33. The highest BCUT2D eigenvalue weighted by Crippen LogP contribution is 2.31. The molecule has 0 bridgehead atoms. The average molecular weight is 300 g/mol. The Hall–Kier alpha value is -0.460. The minimum Gasteiger partial charge on any atom is -0.211 e. The SMILES string of the molecule is O=S(=O)(F)N(N1CCCC1)S(=O)(=O)C(F)(F)F. The van der Waals surface area contributed by atoms with Gasteiger partial charge in [0.15, 0.2) is 0 Å². The Labute approximate surface area is 95.2 Å². The summed E-state index contributed by atoms with van der Waals surface area (Å²) in [5, 5.41) is 0.304. The maximum atomic E-state index is 12.7. The van der Waals surface area contributed by atoms with Crippen molar-refractivity contribution in [3.05, 3.63) is 0 Å². The number of hydrazine groups is 1. The lowest BCUT2D eigenvalue weighted by Gasteiger charge is -2.26. The van der Waals surface area contributed by atoms with Gasteiger partial charge in [-0.3, -0.25) is 0 Å². The smallest absolute Gasteiger partial charge is 0.211 e. The highest BCUT2D eigenvalue weighted by atomic mass is 32.3. The van der Waals surface area contributed by atoms with Crippen LogP contribution in [0.5, 0.6) is 0 Å². The summed E-state index contributed by atoms with van der Waals surface area (Å²) in [5.41, 5.74) is -5.88. The van der Waals surface area contributed by atoms with Crippen molar-refractivity contribution < 1.29 is 33.9 Å². The number of alkyl halides is 3. The van der Waals surface area contributed by atoms with Crippen molar-refractivity contribution in [2.45, 2.75) is 18.3 Å². The van der Waals surface area contributed by atoms with E-state index in [0.717, 1.165) is 0 Å². The molecular weight excluding hydrogens is 292 g/mol. The normalized spacial score (nSPS) is 20.1. The lowest BCUT2D eigenvalue weighted by atomic mass is 10.4. The summed E-state index contributed by atoms with van der Waals surface area (Å²) >= 11 is 0. The molecule has 0 aromatic heterocycles. The zero-order chi connectivity index (χ0) is 13.5. The Bertz CT molecular complexity index is 479. The average Bonchev–Trinajstić information content (AvgIpc) is 2.51. The minimum absolute atomic E-state index is 0.277. The van der Waals surface area contributed by atoms with Crippen LogP contribution in [0.4, 0.5) is 17.1 Å². The molecule has 1 heterocycles. The molecule has 0 radical (unpaired) electrons. The zero-order valence-electron chi connectivity index (χ0n) is 8.18. The molecule has 1 aliphatic heterocycles. The summed E-state index contributed by atoms with van der Waals surface area (Å²) in [5.74, 6) is 0. The van der Waals surface area contributed by atoms with Gasteiger partial charge in [-0.2, -0.15) is 21.6 Å². The van der Waals surface area contributed by atoms with Crippen LogP contribution in [0.1, 0.15) is 12.8 Å². The fourth-order valence-corrected chi connectivity index (χ4v) is 3.63. The molecule has 6 nitrogen and oxygen atoms in total. The summed E-state index contributed by atoms with van der Waals surface area (Å²) in [6, 6.07) is 0. The predicted octanol–water partition coefficient (Wildman–Crippen LogP) is 0.363. The zero-order valence-corrected chi connectivity index (χ0v) is 9.82. The van der Waals surface area contributed by atoms with E-state index in [1.54, 1.807) is 0 Å². The topological polar surface area (TPSA) is 74.8 Å². The van der Waals surface area contributed by atoms with E-state index in [4.69, 9.17) is 0 Å². The maximum Gasteiger partial charge on any atom is 0.514 e. The van der Waals surface area contributed by atoms with E-state index < -0.39 is 29.8 Å². The van der Waals surface area contributed by atoms with E-state index in [2.05, 4.69) is 0 Å². The van der Waals surface area contributed by atoms with Gasteiger partial charge in [-0.1, -0.05) is 3.89 Å². The van der Waals surface area contributed by atoms with Crippen LogP contribution in [0.2, 0.25) is 0 Å². The van der Waals surface area contributed by atoms with Gasteiger partial charge < -0.3 is 0 Å². The summed E-state index contributed by atoms with van der Waals surface area (Å²) in [4.78, 5) is 0. The highest BCUT2D eigenvalue weighted by molar-refractivity contribution is 8.02. The van der Waals surface area contributed by atoms with Gasteiger partial charge in [-0.15, -0.1) is 0 Å². The number of hydrogen-bond acceptors (Lipinski definition) is 5. The van der Waals surface area contributed by atoms with E-state index in [0.29, 0.717) is 5.01 Å². The van der Waals surface area contributed by atoms with E-state index in [9.17, 15) is 33.9 Å². The van der Waals surface area contributed by atoms with Crippen molar-refractivity contribution in [3.63, 3.8) is 0 Å². The molecule has 0 aromatic rings. The van der Waals surface area contributed by atoms with Crippen LogP contribution in [-0.2, 0) is 20.4 Å². The molecule has 0 N–H and O–H groups in total. The Morgan fingerprint density at radius 2 is 1.41 bits per heavy atom. The van der Waals surface area contributed by atoms with E-state index in [-0.39, 0.29) is 25.9 Å². The molecule has 1 rings (SSSR count). The lowest BCUT2D eigenvalue weighted by Crippen LogP contribution is -2.51. The molecule has 0 aromatic carbocycles. The van der Waals surface area contributed by atoms with Crippen molar-refractivity contribution in [3.8, 4) is 0 Å². The van der Waals surface area contributed by atoms with E-state index >= 15 is 0 Å². The number of sulfonamides is 1. The van der Waals surface area contributed by atoms with Crippen molar-refractivity contribution >= 4 is 20.4 Å². The van der Waals surface area contributed by atoms with Crippen LogP contribution in [-0.4, -0.2) is 44.3 Å². The largest absolute Gasteiger partial charge is 0.514 e. The second-order valence-electron chi connectivity index (χ2n) is 3.23. The summed E-state index contributed by atoms with van der Waals surface area (Å²) in [7, 11) is -12.3. The van der Waals surface area contributed by atoms with Crippen molar-refractivity contribution in [2.24, 2.45) is 0 Å². The first-order valence-corrected chi connectivity index (χ1v) is 7.07. The number of nitrogens with zero attached hydrogens (tertiary/aromatic N) is 2. The molecule has 1 fully saturated rings. The van der Waals surface area contributed by atoms with Crippen molar-refractivity contribution in [2.75, 3.05) is 13.1 Å². The van der Waals surface area contributed by atoms with Gasteiger partial charge in [0, 0.05) is 16.9 Å². The number of rotatable bonds is 3. The van der Waals surface area contributed by atoms with Crippen LogP contribution >= 0.6 is 0 Å². The third kappa shape index (κ3) is 2.86. The molecule has 0 saturated carbocycles. The second-order valence-corrected chi connectivity index (χ2v) is 6.39. The van der Waals surface area contributed by atoms with Crippen LogP contribution in [0.25, 0.3) is 0 Å². The molecule has 1 aliphatic rings.